The molecular formula is C13H19NO3. The number of hydrogen-bond donors (Lipinski definition) is 1. The number of ether oxygens (including phenoxy) is 3. The quantitative estimate of drug-likeness (QED) is 0.815. The third-order valence-electron chi connectivity index (χ3n) is 2.37. The number of nitrogens with one attached hydrogen (secondary N) is 1. The van der Waals surface area contributed by atoms with Gasteiger partial charge in [-0.15, -0.1) is 0 Å². The van der Waals surface area contributed by atoms with Gasteiger partial charge in [0.25, 0.3) is 0 Å². The number of benzene rings is 1. The van der Waals surface area contributed by atoms with E-state index in [-0.39, 0.29) is 5.54 Å². The van der Waals surface area contributed by atoms with E-state index < -0.39 is 0 Å². The van der Waals surface area contributed by atoms with Crippen LogP contribution in [0.25, 0.3) is 0 Å². The molecule has 2 rings (SSSR count). The lowest BCUT2D eigenvalue weighted by molar-refractivity contribution is 0.173. The van der Waals surface area contributed by atoms with E-state index in [0.29, 0.717) is 13.4 Å². The molecule has 0 saturated heterocycles. The smallest absolute Gasteiger partial charge is 0.231 e. The van der Waals surface area contributed by atoms with E-state index in [1.54, 1.807) is 0 Å². The average molecular weight is 237 g/mol. The molecule has 94 valence electrons. The van der Waals surface area contributed by atoms with Crippen molar-refractivity contribution < 1.29 is 14.2 Å². The van der Waals surface area contributed by atoms with Crippen molar-refractivity contribution in [2.24, 2.45) is 0 Å². The van der Waals surface area contributed by atoms with E-state index in [2.05, 4.69) is 26.1 Å². The zero-order chi connectivity index (χ0) is 12.3. The van der Waals surface area contributed by atoms with E-state index in [1.807, 2.05) is 18.2 Å². The first-order valence-corrected chi connectivity index (χ1v) is 5.82. The van der Waals surface area contributed by atoms with Gasteiger partial charge in [-0.05, 0) is 32.9 Å². The van der Waals surface area contributed by atoms with Crippen LogP contribution in [0.2, 0.25) is 0 Å². The van der Waals surface area contributed by atoms with Gasteiger partial charge >= 0.3 is 0 Å². The Morgan fingerprint density at radius 3 is 2.76 bits per heavy atom. The van der Waals surface area contributed by atoms with Crippen LogP contribution in [0, 0.1) is 0 Å². The Hall–Kier alpha value is -1.42. The third kappa shape index (κ3) is 3.53. The maximum atomic E-state index is 5.63. The molecule has 1 aromatic carbocycles. The summed E-state index contributed by atoms with van der Waals surface area (Å²) < 4.78 is 16.1. The molecule has 0 atom stereocenters. The average Bonchev–Trinajstić information content (AvgIpc) is 2.70. The minimum Gasteiger partial charge on any atom is -0.492 e. The first kappa shape index (κ1) is 12.0. The minimum atomic E-state index is 0.123. The summed E-state index contributed by atoms with van der Waals surface area (Å²) >= 11 is 0. The summed E-state index contributed by atoms with van der Waals surface area (Å²) in [5, 5.41) is 3.36. The highest BCUT2D eigenvalue weighted by Crippen LogP contribution is 2.34. The van der Waals surface area contributed by atoms with Gasteiger partial charge in [0.05, 0.1) is 0 Å². The molecule has 1 N–H and O–H groups in total. The molecule has 0 spiro atoms. The monoisotopic (exact) mass is 237 g/mol. The fraction of sp³-hybridized carbons (Fsp3) is 0.538. The van der Waals surface area contributed by atoms with E-state index in [0.717, 1.165) is 23.8 Å². The van der Waals surface area contributed by atoms with Crippen molar-refractivity contribution in [3.63, 3.8) is 0 Å². The van der Waals surface area contributed by atoms with Gasteiger partial charge in [-0.25, -0.2) is 0 Å². The normalized spacial score (nSPS) is 13.8. The van der Waals surface area contributed by atoms with Crippen LogP contribution in [-0.4, -0.2) is 25.5 Å². The Kier molecular flexibility index (Phi) is 3.43. The predicted octanol–water partition coefficient (Wildman–Crippen LogP) is 2.18. The van der Waals surface area contributed by atoms with Crippen molar-refractivity contribution in [2.45, 2.75) is 26.3 Å². The van der Waals surface area contributed by atoms with Gasteiger partial charge in [0.15, 0.2) is 11.5 Å². The molecule has 1 aliphatic heterocycles. The van der Waals surface area contributed by atoms with E-state index in [4.69, 9.17) is 14.2 Å². The van der Waals surface area contributed by atoms with Crippen LogP contribution in [-0.2, 0) is 0 Å². The van der Waals surface area contributed by atoms with Crippen LogP contribution in [0.3, 0.4) is 0 Å². The number of rotatable bonds is 4. The van der Waals surface area contributed by atoms with Crippen molar-refractivity contribution >= 4 is 0 Å². The molecule has 0 unspecified atom stereocenters. The molecule has 1 aliphatic rings. The molecule has 0 aliphatic carbocycles. The second-order valence-electron chi connectivity index (χ2n) is 5.04. The molecule has 0 amide bonds. The summed E-state index contributed by atoms with van der Waals surface area (Å²) in [6.45, 7) is 8.15. The van der Waals surface area contributed by atoms with E-state index >= 15 is 0 Å². The molecule has 0 radical (unpaired) electrons. The summed E-state index contributed by atoms with van der Waals surface area (Å²) in [7, 11) is 0. The fourth-order valence-corrected chi connectivity index (χ4v) is 1.56. The Labute approximate surface area is 102 Å². The molecule has 17 heavy (non-hydrogen) atoms. The lowest BCUT2D eigenvalue weighted by Crippen LogP contribution is -2.38. The highest BCUT2D eigenvalue weighted by Gasteiger charge is 2.13. The maximum Gasteiger partial charge on any atom is 0.231 e. The van der Waals surface area contributed by atoms with Crippen molar-refractivity contribution in [2.75, 3.05) is 19.9 Å². The minimum absolute atomic E-state index is 0.123. The van der Waals surface area contributed by atoms with Gasteiger partial charge in [-0.1, -0.05) is 0 Å². The topological polar surface area (TPSA) is 39.7 Å². The fourth-order valence-electron chi connectivity index (χ4n) is 1.56. The Morgan fingerprint density at radius 1 is 1.24 bits per heavy atom. The Bertz CT molecular complexity index is 385. The molecular weight excluding hydrogens is 218 g/mol. The third-order valence-corrected chi connectivity index (χ3v) is 2.37. The predicted molar refractivity (Wildman–Crippen MR) is 65.8 cm³/mol. The highest BCUT2D eigenvalue weighted by atomic mass is 16.7. The molecule has 0 saturated carbocycles. The van der Waals surface area contributed by atoms with Crippen molar-refractivity contribution in [1.29, 1.82) is 0 Å². The van der Waals surface area contributed by atoms with Gasteiger partial charge in [0.1, 0.15) is 12.4 Å². The summed E-state index contributed by atoms with van der Waals surface area (Å²) in [6.07, 6.45) is 0. The van der Waals surface area contributed by atoms with Crippen LogP contribution in [0.15, 0.2) is 18.2 Å². The standard InChI is InChI=1S/C13H19NO3/c1-13(2,3)14-6-7-15-10-4-5-11-12(8-10)17-9-16-11/h4-5,8,14H,6-7,9H2,1-3H3. The highest BCUT2D eigenvalue weighted by molar-refractivity contribution is 5.46. The van der Waals surface area contributed by atoms with Crippen molar-refractivity contribution in [1.82, 2.24) is 5.32 Å². The second-order valence-corrected chi connectivity index (χ2v) is 5.04. The van der Waals surface area contributed by atoms with E-state index in [9.17, 15) is 0 Å². The van der Waals surface area contributed by atoms with Crippen molar-refractivity contribution in [3.05, 3.63) is 18.2 Å². The lowest BCUT2D eigenvalue weighted by atomic mass is 10.1. The second kappa shape index (κ2) is 4.84. The first-order valence-electron chi connectivity index (χ1n) is 5.82. The Morgan fingerprint density at radius 2 is 2.00 bits per heavy atom. The Balaban J connectivity index is 1.80. The lowest BCUT2D eigenvalue weighted by Gasteiger charge is -2.20. The number of hydrogen-bond acceptors (Lipinski definition) is 4. The maximum absolute atomic E-state index is 5.63. The molecule has 0 bridgehead atoms. The summed E-state index contributed by atoms with van der Waals surface area (Å²) in [5.74, 6) is 2.35. The van der Waals surface area contributed by atoms with Crippen LogP contribution in [0.1, 0.15) is 20.8 Å². The zero-order valence-corrected chi connectivity index (χ0v) is 10.6. The van der Waals surface area contributed by atoms with Crippen LogP contribution in [0.4, 0.5) is 0 Å². The van der Waals surface area contributed by atoms with E-state index in [1.165, 1.54) is 0 Å². The summed E-state index contributed by atoms with van der Waals surface area (Å²) in [5.41, 5.74) is 0.123. The molecule has 0 fully saturated rings. The molecule has 1 heterocycles. The van der Waals surface area contributed by atoms with Crippen LogP contribution < -0.4 is 19.5 Å². The van der Waals surface area contributed by atoms with Crippen molar-refractivity contribution in [3.8, 4) is 17.2 Å². The van der Waals surface area contributed by atoms with Gasteiger partial charge in [-0.3, -0.25) is 0 Å². The molecule has 1 aromatic rings. The van der Waals surface area contributed by atoms with Gasteiger partial charge in [-0.2, -0.15) is 0 Å². The van der Waals surface area contributed by atoms with Gasteiger partial charge in [0, 0.05) is 18.2 Å². The largest absolute Gasteiger partial charge is 0.492 e. The molecule has 4 heteroatoms. The SMILES string of the molecule is CC(C)(C)NCCOc1ccc2c(c1)OCO2. The van der Waals surface area contributed by atoms with Crippen LogP contribution in [0.5, 0.6) is 17.2 Å². The zero-order valence-electron chi connectivity index (χ0n) is 10.6. The summed E-state index contributed by atoms with van der Waals surface area (Å²) in [6, 6.07) is 5.62. The number of fused-ring (bicyclic) bond motifs is 1. The first-order chi connectivity index (χ1) is 8.04. The molecule has 4 nitrogen and oxygen atoms in total. The van der Waals surface area contributed by atoms with Gasteiger partial charge in [0.2, 0.25) is 6.79 Å². The van der Waals surface area contributed by atoms with Crippen LogP contribution >= 0.6 is 0 Å². The molecule has 0 aromatic heterocycles. The summed E-state index contributed by atoms with van der Waals surface area (Å²) in [4.78, 5) is 0. The van der Waals surface area contributed by atoms with Gasteiger partial charge < -0.3 is 19.5 Å².